The van der Waals surface area contributed by atoms with E-state index in [1.165, 1.54) is 0 Å². The Balaban J connectivity index is 2.84. The number of benzene rings is 2. The monoisotopic (exact) mass is 174 g/mol. The van der Waals surface area contributed by atoms with Crippen LogP contribution in [0.15, 0.2) is 36.4 Å². The molecule has 0 spiro atoms. The summed E-state index contributed by atoms with van der Waals surface area (Å²) in [5.74, 6) is 0.722. The smallest absolute Gasteiger partial charge is 0.168 e. The molecule has 0 amide bonds. The molecule has 0 atom stereocenters. The van der Waals surface area contributed by atoms with Crippen molar-refractivity contribution < 1.29 is 9.84 Å². The lowest BCUT2D eigenvalue weighted by Gasteiger charge is -2.06. The molecule has 0 aliphatic rings. The highest BCUT2D eigenvalue weighted by molar-refractivity contribution is 5.90. The minimum absolute atomic E-state index is 0.182. The van der Waals surface area contributed by atoms with Crippen molar-refractivity contribution in [1.82, 2.24) is 0 Å². The van der Waals surface area contributed by atoms with E-state index in [0.29, 0.717) is 5.75 Å². The van der Waals surface area contributed by atoms with Gasteiger partial charge in [-0.3, -0.25) is 0 Å². The van der Waals surface area contributed by atoms with Crippen molar-refractivity contribution in [2.24, 2.45) is 0 Å². The zero-order valence-electron chi connectivity index (χ0n) is 7.32. The van der Waals surface area contributed by atoms with Crippen molar-refractivity contribution in [3.05, 3.63) is 36.4 Å². The highest BCUT2D eigenvalue weighted by atomic mass is 16.5. The molecule has 0 aromatic heterocycles. The van der Waals surface area contributed by atoms with Crippen LogP contribution in [-0.4, -0.2) is 12.2 Å². The highest BCUT2D eigenvalue weighted by Gasteiger charge is 2.04. The number of hydrogen-bond donors (Lipinski definition) is 1. The maximum atomic E-state index is 9.48. The molecule has 2 aromatic rings. The molecule has 0 saturated carbocycles. The standard InChI is InChI=1S/C11H10O2/c1-13-11-9-5-3-2-4-8(9)6-7-10(11)12/h2-7,12H,1H3. The zero-order chi connectivity index (χ0) is 9.26. The molecular formula is C11H10O2. The van der Waals surface area contributed by atoms with Crippen molar-refractivity contribution in [2.45, 2.75) is 0 Å². The van der Waals surface area contributed by atoms with Crippen LogP contribution in [0.4, 0.5) is 0 Å². The molecule has 1 N–H and O–H groups in total. The Kier molecular flexibility index (Phi) is 1.81. The molecule has 66 valence electrons. The minimum atomic E-state index is 0.182. The summed E-state index contributed by atoms with van der Waals surface area (Å²) in [4.78, 5) is 0. The van der Waals surface area contributed by atoms with E-state index in [2.05, 4.69) is 0 Å². The molecule has 0 bridgehead atoms. The number of phenolic OH excluding ortho intramolecular Hbond substituents is 1. The average Bonchev–Trinajstić information content (AvgIpc) is 2.18. The molecule has 0 fully saturated rings. The molecule has 2 nitrogen and oxygen atoms in total. The Bertz CT molecular complexity index is 435. The third kappa shape index (κ3) is 1.20. The van der Waals surface area contributed by atoms with Gasteiger partial charge in [0.1, 0.15) is 0 Å². The Hall–Kier alpha value is -1.70. The molecule has 0 saturated heterocycles. The van der Waals surface area contributed by atoms with E-state index in [9.17, 15) is 5.11 Å². The van der Waals surface area contributed by atoms with Gasteiger partial charge in [-0.05, 0) is 11.5 Å². The van der Waals surface area contributed by atoms with Gasteiger partial charge in [0, 0.05) is 5.39 Å². The quantitative estimate of drug-likeness (QED) is 0.719. The summed E-state index contributed by atoms with van der Waals surface area (Å²) in [5, 5.41) is 11.5. The van der Waals surface area contributed by atoms with Crippen LogP contribution in [-0.2, 0) is 0 Å². The molecule has 0 radical (unpaired) electrons. The van der Waals surface area contributed by atoms with Gasteiger partial charge < -0.3 is 9.84 Å². The maximum Gasteiger partial charge on any atom is 0.168 e. The van der Waals surface area contributed by atoms with Crippen molar-refractivity contribution in [3.8, 4) is 11.5 Å². The SMILES string of the molecule is COc1c(O)ccc2ccccc12. The maximum absolute atomic E-state index is 9.48. The summed E-state index contributed by atoms with van der Waals surface area (Å²) in [5.41, 5.74) is 0. The second-order valence-electron chi connectivity index (χ2n) is 2.84. The Labute approximate surface area is 76.4 Å². The molecule has 0 heterocycles. The Morgan fingerprint density at radius 2 is 1.85 bits per heavy atom. The van der Waals surface area contributed by atoms with Gasteiger partial charge >= 0.3 is 0 Å². The van der Waals surface area contributed by atoms with Crippen LogP contribution in [0.3, 0.4) is 0 Å². The van der Waals surface area contributed by atoms with Crippen LogP contribution in [0, 0.1) is 0 Å². The molecule has 0 aliphatic carbocycles. The van der Waals surface area contributed by atoms with E-state index >= 15 is 0 Å². The predicted molar refractivity (Wildman–Crippen MR) is 52.2 cm³/mol. The number of fused-ring (bicyclic) bond motifs is 1. The third-order valence-electron chi connectivity index (χ3n) is 2.06. The number of rotatable bonds is 1. The molecule has 2 rings (SSSR count). The fourth-order valence-corrected chi connectivity index (χ4v) is 1.45. The van der Waals surface area contributed by atoms with Crippen molar-refractivity contribution in [2.75, 3.05) is 7.11 Å². The van der Waals surface area contributed by atoms with E-state index in [4.69, 9.17) is 4.74 Å². The molecule has 2 heteroatoms. The molecule has 0 aliphatic heterocycles. The minimum Gasteiger partial charge on any atom is -0.504 e. The van der Waals surface area contributed by atoms with Crippen molar-refractivity contribution >= 4 is 10.8 Å². The van der Waals surface area contributed by atoms with Crippen LogP contribution >= 0.6 is 0 Å². The average molecular weight is 174 g/mol. The van der Waals surface area contributed by atoms with Crippen LogP contribution < -0.4 is 4.74 Å². The predicted octanol–water partition coefficient (Wildman–Crippen LogP) is 2.55. The van der Waals surface area contributed by atoms with Crippen LogP contribution in [0.25, 0.3) is 10.8 Å². The Morgan fingerprint density at radius 1 is 1.08 bits per heavy atom. The van der Waals surface area contributed by atoms with Gasteiger partial charge in [-0.15, -0.1) is 0 Å². The summed E-state index contributed by atoms with van der Waals surface area (Å²) in [6, 6.07) is 11.3. The molecular weight excluding hydrogens is 164 g/mol. The number of aromatic hydroxyl groups is 1. The molecule has 0 unspecified atom stereocenters. The first-order valence-electron chi connectivity index (χ1n) is 4.07. The summed E-state index contributed by atoms with van der Waals surface area (Å²) < 4.78 is 5.11. The van der Waals surface area contributed by atoms with Gasteiger partial charge in [0.15, 0.2) is 11.5 Å². The lowest BCUT2D eigenvalue weighted by atomic mass is 10.1. The third-order valence-corrected chi connectivity index (χ3v) is 2.06. The normalized spacial score (nSPS) is 10.2. The van der Waals surface area contributed by atoms with Crippen molar-refractivity contribution in [1.29, 1.82) is 0 Å². The van der Waals surface area contributed by atoms with E-state index in [1.54, 1.807) is 13.2 Å². The summed E-state index contributed by atoms with van der Waals surface area (Å²) in [7, 11) is 1.56. The number of ether oxygens (including phenoxy) is 1. The van der Waals surface area contributed by atoms with Crippen LogP contribution in [0.5, 0.6) is 11.5 Å². The first kappa shape index (κ1) is 7.92. The Morgan fingerprint density at radius 3 is 2.62 bits per heavy atom. The largest absolute Gasteiger partial charge is 0.504 e. The van der Waals surface area contributed by atoms with E-state index in [-0.39, 0.29) is 5.75 Å². The summed E-state index contributed by atoms with van der Waals surface area (Å²) >= 11 is 0. The van der Waals surface area contributed by atoms with Gasteiger partial charge in [-0.1, -0.05) is 30.3 Å². The number of hydrogen-bond acceptors (Lipinski definition) is 2. The van der Waals surface area contributed by atoms with Gasteiger partial charge in [0.25, 0.3) is 0 Å². The second kappa shape index (κ2) is 2.98. The summed E-state index contributed by atoms with van der Waals surface area (Å²) in [6.45, 7) is 0. The zero-order valence-corrected chi connectivity index (χ0v) is 7.32. The van der Waals surface area contributed by atoms with Gasteiger partial charge in [0.2, 0.25) is 0 Å². The van der Waals surface area contributed by atoms with Crippen LogP contribution in [0.2, 0.25) is 0 Å². The number of methoxy groups -OCH3 is 1. The van der Waals surface area contributed by atoms with Gasteiger partial charge in [0.05, 0.1) is 7.11 Å². The van der Waals surface area contributed by atoms with Gasteiger partial charge in [-0.2, -0.15) is 0 Å². The summed E-state index contributed by atoms with van der Waals surface area (Å²) in [6.07, 6.45) is 0. The topological polar surface area (TPSA) is 29.5 Å². The first-order chi connectivity index (χ1) is 6.33. The highest BCUT2D eigenvalue weighted by Crippen LogP contribution is 2.33. The molecule has 13 heavy (non-hydrogen) atoms. The van der Waals surface area contributed by atoms with Crippen molar-refractivity contribution in [3.63, 3.8) is 0 Å². The van der Waals surface area contributed by atoms with Crippen LogP contribution in [0.1, 0.15) is 0 Å². The van der Waals surface area contributed by atoms with E-state index in [0.717, 1.165) is 10.8 Å². The lowest BCUT2D eigenvalue weighted by Crippen LogP contribution is -1.85. The fourth-order valence-electron chi connectivity index (χ4n) is 1.45. The van der Waals surface area contributed by atoms with Gasteiger partial charge in [-0.25, -0.2) is 0 Å². The van der Waals surface area contributed by atoms with E-state index < -0.39 is 0 Å². The first-order valence-corrected chi connectivity index (χ1v) is 4.07. The fraction of sp³-hybridized carbons (Fsp3) is 0.0909. The van der Waals surface area contributed by atoms with E-state index in [1.807, 2.05) is 30.3 Å². The molecule has 2 aromatic carbocycles. The second-order valence-corrected chi connectivity index (χ2v) is 2.84. The number of phenols is 1. The lowest BCUT2D eigenvalue weighted by molar-refractivity contribution is 0.378.